The van der Waals surface area contributed by atoms with Crippen LogP contribution in [-0.2, 0) is 4.74 Å². The third kappa shape index (κ3) is 15.1. The topological polar surface area (TPSA) is 41.7 Å². The van der Waals surface area contributed by atoms with Gasteiger partial charge in [0.25, 0.3) is 0 Å². The zero-order valence-corrected chi connectivity index (χ0v) is 24.2. The van der Waals surface area contributed by atoms with E-state index >= 15 is 0 Å². The van der Waals surface area contributed by atoms with E-state index in [1.807, 2.05) is 47.5 Å². The Morgan fingerprint density at radius 3 is 2.69 bits per heavy atom. The number of hydrogen-bond donors (Lipinski definition) is 1. The largest absolute Gasteiger partial charge is 0.399 e. The normalized spacial score (nSPS) is 16.1. The molecule has 194 valence electrons. The molecular weight excluding hydrogens is 545 g/mol. The number of allylic oxidation sites excluding steroid dienone is 9. The maximum absolute atomic E-state index is 6.34. The van der Waals surface area contributed by atoms with Crippen LogP contribution in [0.25, 0.3) is 0 Å². The zero-order valence-electron chi connectivity index (χ0n) is 22.0. The number of nitrogens with zero attached hydrogens (tertiary/aromatic N) is 2. The van der Waals surface area contributed by atoms with Gasteiger partial charge in [-0.1, -0.05) is 90.8 Å². The number of halogens is 1. The first kappa shape index (κ1) is 31.4. The van der Waals surface area contributed by atoms with Gasteiger partial charge in [-0.2, -0.15) is 0 Å². The van der Waals surface area contributed by atoms with Gasteiger partial charge in [-0.05, 0) is 80.1 Å². The Kier molecular flexibility index (Phi) is 18.4. The average Bonchev–Trinajstić information content (AvgIpc) is 2.86. The van der Waals surface area contributed by atoms with Gasteiger partial charge in [-0.3, -0.25) is 0 Å². The molecule has 1 atom stereocenters. The maximum Gasteiger partial charge on any atom is 0.107 e. The molecule has 35 heavy (non-hydrogen) atoms. The van der Waals surface area contributed by atoms with Crippen molar-refractivity contribution in [3.63, 3.8) is 0 Å². The van der Waals surface area contributed by atoms with Crippen molar-refractivity contribution in [3.05, 3.63) is 94.3 Å². The predicted octanol–water partition coefficient (Wildman–Crippen LogP) is 6.72. The fourth-order valence-corrected chi connectivity index (χ4v) is 4.05. The van der Waals surface area contributed by atoms with Crippen LogP contribution in [0.1, 0.15) is 39.5 Å². The molecule has 0 aromatic rings. The number of likely N-dealkylation sites (N-methyl/N-ethyl adjacent to an activating group) is 2. The fourth-order valence-electron chi connectivity index (χ4n) is 3.64. The highest BCUT2D eigenvalue weighted by Gasteiger charge is 2.16. The van der Waals surface area contributed by atoms with Crippen LogP contribution < -0.4 is 5.73 Å². The summed E-state index contributed by atoms with van der Waals surface area (Å²) in [7, 11) is 2.18. The van der Waals surface area contributed by atoms with Gasteiger partial charge >= 0.3 is 0 Å². The van der Waals surface area contributed by atoms with Gasteiger partial charge in [0.1, 0.15) is 6.10 Å². The van der Waals surface area contributed by atoms with Crippen LogP contribution in [0.3, 0.4) is 0 Å². The van der Waals surface area contributed by atoms with E-state index in [0.29, 0.717) is 6.61 Å². The van der Waals surface area contributed by atoms with Crippen LogP contribution in [0.15, 0.2) is 94.3 Å². The second-order valence-electron chi connectivity index (χ2n) is 8.66. The maximum atomic E-state index is 6.34. The van der Waals surface area contributed by atoms with Crippen molar-refractivity contribution in [2.75, 3.05) is 46.4 Å². The minimum Gasteiger partial charge on any atom is -0.399 e. The summed E-state index contributed by atoms with van der Waals surface area (Å²) >= 11 is 2.17. The van der Waals surface area contributed by atoms with Crippen LogP contribution in [0.2, 0.25) is 0 Å². The molecule has 0 saturated carbocycles. The third-order valence-corrected chi connectivity index (χ3v) is 6.16. The summed E-state index contributed by atoms with van der Waals surface area (Å²) < 4.78 is 8.26. The molecule has 0 spiro atoms. The van der Waals surface area contributed by atoms with Gasteiger partial charge in [0.2, 0.25) is 0 Å². The molecule has 2 N–H and O–H groups in total. The lowest BCUT2D eigenvalue weighted by Gasteiger charge is -2.26. The van der Waals surface area contributed by atoms with Gasteiger partial charge in [-0.25, -0.2) is 0 Å². The molecule has 0 aromatic heterocycles. The van der Waals surface area contributed by atoms with Crippen LogP contribution in [0.5, 0.6) is 0 Å². The fraction of sp³-hybridized carbons (Fsp3) is 0.467. The van der Waals surface area contributed by atoms with E-state index in [9.17, 15) is 0 Å². The molecule has 1 aliphatic rings. The first-order valence-corrected chi connectivity index (χ1v) is 14.0. The number of hydrogen-bond acceptors (Lipinski definition) is 4. The molecule has 4 nitrogen and oxygen atoms in total. The van der Waals surface area contributed by atoms with Crippen molar-refractivity contribution in [1.82, 2.24) is 9.80 Å². The molecule has 1 aliphatic carbocycles. The summed E-state index contributed by atoms with van der Waals surface area (Å²) in [6.45, 7) is 14.4. The highest BCUT2D eigenvalue weighted by molar-refractivity contribution is 14.1. The zero-order chi connectivity index (χ0) is 25.7. The Bertz CT molecular complexity index is 804. The number of nitrogens with two attached hydrogens (primary N) is 1. The van der Waals surface area contributed by atoms with E-state index in [1.54, 1.807) is 0 Å². The lowest BCUT2D eigenvalue weighted by molar-refractivity contribution is 0.0837. The second-order valence-corrected chi connectivity index (χ2v) is 9.38. The molecule has 0 amide bonds. The Balaban J connectivity index is 2.40. The van der Waals surface area contributed by atoms with Crippen molar-refractivity contribution < 1.29 is 4.74 Å². The summed E-state index contributed by atoms with van der Waals surface area (Å²) in [5.41, 5.74) is 8.85. The van der Waals surface area contributed by atoms with Crippen LogP contribution in [0, 0.1) is 0 Å². The van der Waals surface area contributed by atoms with Crippen molar-refractivity contribution >= 4 is 22.6 Å². The number of ether oxygens (including phenoxy) is 1. The first-order valence-electron chi connectivity index (χ1n) is 12.8. The number of rotatable bonds is 18. The summed E-state index contributed by atoms with van der Waals surface area (Å²) in [5.74, 6) is 0. The van der Waals surface area contributed by atoms with Crippen molar-refractivity contribution in [1.29, 1.82) is 0 Å². The van der Waals surface area contributed by atoms with Crippen LogP contribution in [0.4, 0.5) is 0 Å². The van der Waals surface area contributed by atoms with Crippen LogP contribution in [-0.4, -0.2) is 62.3 Å². The summed E-state index contributed by atoms with van der Waals surface area (Å²) in [5, 5.41) is 0. The van der Waals surface area contributed by atoms with E-state index < -0.39 is 0 Å². The summed E-state index contributed by atoms with van der Waals surface area (Å²) in [6.07, 6.45) is 27.2. The van der Waals surface area contributed by atoms with Gasteiger partial charge in [0.15, 0.2) is 0 Å². The minimum absolute atomic E-state index is 0.0792. The molecule has 0 aromatic carbocycles. The van der Waals surface area contributed by atoms with Crippen molar-refractivity contribution in [2.45, 2.75) is 45.6 Å². The third-order valence-electron chi connectivity index (χ3n) is 5.81. The summed E-state index contributed by atoms with van der Waals surface area (Å²) in [4.78, 5) is 4.87. The van der Waals surface area contributed by atoms with Crippen molar-refractivity contribution in [2.24, 2.45) is 5.73 Å². The van der Waals surface area contributed by atoms with E-state index in [4.69, 9.17) is 10.5 Å². The van der Waals surface area contributed by atoms with E-state index in [2.05, 4.69) is 83.3 Å². The van der Waals surface area contributed by atoms with Gasteiger partial charge in [-0.15, -0.1) is 0 Å². The SMILES string of the molecule is C=C(/C=C\C=C/C)C(OCCN(C)CCN(CC)CCC/C=C/C=C(N)\C=C/I)C1=CCCC=C1. The Morgan fingerprint density at radius 1 is 1.17 bits per heavy atom. The molecule has 5 heteroatoms. The number of unbranched alkanes of at least 4 members (excludes halogenated alkanes) is 1. The van der Waals surface area contributed by atoms with E-state index in [1.165, 1.54) is 5.57 Å². The molecule has 0 heterocycles. The molecule has 0 bridgehead atoms. The van der Waals surface area contributed by atoms with Gasteiger partial charge in [0.05, 0.1) is 6.61 Å². The van der Waals surface area contributed by atoms with Gasteiger partial charge in [0, 0.05) is 25.3 Å². The lowest BCUT2D eigenvalue weighted by Crippen LogP contribution is -2.35. The highest BCUT2D eigenvalue weighted by atomic mass is 127. The first-order chi connectivity index (χ1) is 17.0. The molecule has 0 radical (unpaired) electrons. The average molecular weight is 592 g/mol. The van der Waals surface area contributed by atoms with Crippen LogP contribution >= 0.6 is 22.6 Å². The molecule has 0 aliphatic heterocycles. The van der Waals surface area contributed by atoms with Gasteiger partial charge < -0.3 is 20.3 Å². The summed E-state index contributed by atoms with van der Waals surface area (Å²) in [6, 6.07) is 0. The Morgan fingerprint density at radius 2 is 2.00 bits per heavy atom. The Hall–Kier alpha value is -1.67. The molecule has 0 saturated heterocycles. The molecular formula is C30H46IN3O. The highest BCUT2D eigenvalue weighted by Crippen LogP contribution is 2.22. The second kappa shape index (κ2) is 20.5. The predicted molar refractivity (Wildman–Crippen MR) is 163 cm³/mol. The molecule has 1 rings (SSSR count). The minimum atomic E-state index is -0.0792. The van der Waals surface area contributed by atoms with E-state index in [0.717, 1.165) is 69.7 Å². The Labute approximate surface area is 228 Å². The standard InChI is InChI=1S/C30H46IN3O/c1-5-7-11-16-27(3)30(28-17-12-10-13-18-28)35-26-25-33(4)23-24-34(6-2)22-15-9-8-14-19-29(32)20-21-31/h5,7-8,11-12,14,16-21,30H,3,6,9-10,13,15,22-26,32H2,1-2,4H3/b7-5-,14-8+,16-11-,21-20-,29-19+. The molecule has 0 fully saturated rings. The lowest BCUT2D eigenvalue weighted by atomic mass is 9.97. The smallest absolute Gasteiger partial charge is 0.107 e. The monoisotopic (exact) mass is 591 g/mol. The quantitative estimate of drug-likeness (QED) is 0.109. The van der Waals surface area contributed by atoms with Crippen molar-refractivity contribution in [3.8, 4) is 0 Å². The molecule has 1 unspecified atom stereocenters. The van der Waals surface area contributed by atoms with E-state index in [-0.39, 0.29) is 6.10 Å².